The quantitative estimate of drug-likeness (QED) is 0.859. The topological polar surface area (TPSA) is 57.3 Å². The van der Waals surface area contributed by atoms with Crippen molar-refractivity contribution in [2.75, 3.05) is 24.5 Å². The second kappa shape index (κ2) is 8.34. The number of urea groups is 1. The van der Waals surface area contributed by atoms with E-state index in [1.54, 1.807) is 0 Å². The van der Waals surface area contributed by atoms with Gasteiger partial charge in [0.2, 0.25) is 0 Å². The maximum Gasteiger partial charge on any atom is 0.315 e. The zero-order chi connectivity index (χ0) is 16.6. The minimum atomic E-state index is -0.134. The maximum atomic E-state index is 11.9. The average molecular weight is 324 g/mol. The fourth-order valence-corrected chi connectivity index (χ4v) is 2.90. The van der Waals surface area contributed by atoms with Gasteiger partial charge in [0.1, 0.15) is 5.82 Å². The van der Waals surface area contributed by atoms with Crippen molar-refractivity contribution in [3.63, 3.8) is 0 Å². The van der Waals surface area contributed by atoms with Crippen molar-refractivity contribution >= 4 is 11.8 Å². The number of rotatable bonds is 6. The molecular weight excluding hydrogens is 300 g/mol. The van der Waals surface area contributed by atoms with Gasteiger partial charge in [-0.05, 0) is 42.5 Å². The van der Waals surface area contributed by atoms with E-state index in [9.17, 15) is 4.79 Å². The molecule has 2 heterocycles. The van der Waals surface area contributed by atoms with Gasteiger partial charge in [-0.15, -0.1) is 0 Å². The molecule has 1 aliphatic heterocycles. The van der Waals surface area contributed by atoms with Crippen molar-refractivity contribution in [2.45, 2.75) is 25.8 Å². The molecule has 0 atom stereocenters. The number of carbonyl (C=O) groups excluding carboxylic acids is 1. The third-order valence-corrected chi connectivity index (χ3v) is 4.24. The van der Waals surface area contributed by atoms with E-state index in [4.69, 9.17) is 0 Å². The number of pyridine rings is 1. The summed E-state index contributed by atoms with van der Waals surface area (Å²) in [5, 5.41) is 5.80. The summed E-state index contributed by atoms with van der Waals surface area (Å²) in [5.41, 5.74) is 2.30. The van der Waals surface area contributed by atoms with Gasteiger partial charge in [0, 0.05) is 32.4 Å². The highest BCUT2D eigenvalue weighted by atomic mass is 16.2. The molecule has 0 saturated carbocycles. The smallest absolute Gasteiger partial charge is 0.315 e. The Kier molecular flexibility index (Phi) is 5.66. The van der Waals surface area contributed by atoms with Gasteiger partial charge in [0.15, 0.2) is 0 Å². The highest BCUT2D eigenvalue weighted by Gasteiger charge is 2.13. The van der Waals surface area contributed by atoms with E-state index >= 15 is 0 Å². The molecule has 0 spiro atoms. The standard InChI is InChI=1S/C19H24N4O/c24-19(21-11-8-16-6-2-1-3-7-16)22-15-17-9-10-20-18(14-17)23-12-4-5-13-23/h1-3,6-7,9-10,14H,4-5,8,11-13,15H2,(H2,21,22,24). The Morgan fingerprint density at radius 1 is 1.04 bits per heavy atom. The van der Waals surface area contributed by atoms with Gasteiger partial charge in [-0.25, -0.2) is 9.78 Å². The van der Waals surface area contributed by atoms with Gasteiger partial charge in [0.05, 0.1) is 0 Å². The van der Waals surface area contributed by atoms with E-state index < -0.39 is 0 Å². The largest absolute Gasteiger partial charge is 0.357 e. The van der Waals surface area contributed by atoms with Gasteiger partial charge in [-0.1, -0.05) is 30.3 Å². The molecule has 2 amide bonds. The molecule has 5 nitrogen and oxygen atoms in total. The average Bonchev–Trinajstić information content (AvgIpc) is 3.16. The number of amides is 2. The van der Waals surface area contributed by atoms with Gasteiger partial charge in [-0.2, -0.15) is 0 Å². The Balaban J connectivity index is 1.42. The van der Waals surface area contributed by atoms with E-state index in [1.807, 2.05) is 30.5 Å². The first kappa shape index (κ1) is 16.3. The van der Waals surface area contributed by atoms with E-state index in [1.165, 1.54) is 18.4 Å². The summed E-state index contributed by atoms with van der Waals surface area (Å²) in [4.78, 5) is 18.6. The number of hydrogen-bond donors (Lipinski definition) is 2. The van der Waals surface area contributed by atoms with Crippen molar-refractivity contribution in [1.82, 2.24) is 15.6 Å². The lowest BCUT2D eigenvalue weighted by Gasteiger charge is -2.17. The minimum Gasteiger partial charge on any atom is -0.357 e. The molecule has 0 aliphatic carbocycles. The van der Waals surface area contributed by atoms with Gasteiger partial charge in [-0.3, -0.25) is 0 Å². The molecule has 126 valence electrons. The van der Waals surface area contributed by atoms with Gasteiger partial charge < -0.3 is 15.5 Å². The first-order chi connectivity index (χ1) is 11.8. The molecule has 2 aromatic rings. The highest BCUT2D eigenvalue weighted by molar-refractivity contribution is 5.73. The number of aromatic nitrogens is 1. The molecule has 1 aromatic heterocycles. The summed E-state index contributed by atoms with van der Waals surface area (Å²) in [6.07, 6.45) is 5.11. The Morgan fingerprint density at radius 2 is 1.83 bits per heavy atom. The molecule has 0 radical (unpaired) electrons. The number of nitrogens with one attached hydrogen (secondary N) is 2. The minimum absolute atomic E-state index is 0.134. The predicted octanol–water partition coefficient (Wildman–Crippen LogP) is 2.72. The van der Waals surface area contributed by atoms with Crippen molar-refractivity contribution in [2.24, 2.45) is 0 Å². The molecule has 5 heteroatoms. The molecule has 3 rings (SSSR count). The monoisotopic (exact) mass is 324 g/mol. The molecule has 1 fully saturated rings. The normalized spacial score (nSPS) is 13.8. The second-order valence-electron chi connectivity index (χ2n) is 6.06. The van der Waals surface area contributed by atoms with Crippen molar-refractivity contribution in [3.05, 3.63) is 59.8 Å². The summed E-state index contributed by atoms with van der Waals surface area (Å²) < 4.78 is 0. The van der Waals surface area contributed by atoms with Crippen molar-refractivity contribution < 1.29 is 4.79 Å². The van der Waals surface area contributed by atoms with Crippen LogP contribution >= 0.6 is 0 Å². The van der Waals surface area contributed by atoms with Crippen LogP contribution in [0.2, 0.25) is 0 Å². The Bertz CT molecular complexity index is 653. The zero-order valence-electron chi connectivity index (χ0n) is 13.9. The summed E-state index contributed by atoms with van der Waals surface area (Å²) in [6.45, 7) is 3.29. The number of benzene rings is 1. The van der Waals surface area contributed by atoms with E-state index in [0.717, 1.165) is 30.9 Å². The third kappa shape index (κ3) is 4.72. The van der Waals surface area contributed by atoms with Crippen LogP contribution in [0.4, 0.5) is 10.6 Å². The molecule has 0 bridgehead atoms. The van der Waals surface area contributed by atoms with E-state index in [-0.39, 0.29) is 6.03 Å². The number of nitrogens with zero attached hydrogens (tertiary/aromatic N) is 2. The molecule has 1 aliphatic rings. The van der Waals surface area contributed by atoms with Gasteiger partial charge in [0.25, 0.3) is 0 Å². The molecule has 24 heavy (non-hydrogen) atoms. The summed E-state index contributed by atoms with van der Waals surface area (Å²) in [5.74, 6) is 1.01. The number of hydrogen-bond acceptors (Lipinski definition) is 3. The van der Waals surface area contributed by atoms with Gasteiger partial charge >= 0.3 is 6.03 Å². The molecule has 0 unspecified atom stereocenters. The Labute approximate surface area is 143 Å². The van der Waals surface area contributed by atoms with Crippen LogP contribution in [0.25, 0.3) is 0 Å². The fourth-order valence-electron chi connectivity index (χ4n) is 2.90. The van der Waals surface area contributed by atoms with Crippen molar-refractivity contribution in [3.8, 4) is 0 Å². The Hall–Kier alpha value is -2.56. The molecular formula is C19H24N4O. The van der Waals surface area contributed by atoms with Crippen LogP contribution in [-0.4, -0.2) is 30.6 Å². The highest BCUT2D eigenvalue weighted by Crippen LogP contribution is 2.18. The van der Waals surface area contributed by atoms with Crippen LogP contribution in [0.3, 0.4) is 0 Å². The van der Waals surface area contributed by atoms with Crippen LogP contribution in [0, 0.1) is 0 Å². The SMILES string of the molecule is O=C(NCCc1ccccc1)NCc1ccnc(N2CCCC2)c1. The maximum absolute atomic E-state index is 11.9. The summed E-state index contributed by atoms with van der Waals surface area (Å²) in [7, 11) is 0. The molecule has 1 aromatic carbocycles. The predicted molar refractivity (Wildman–Crippen MR) is 96.1 cm³/mol. The molecule has 2 N–H and O–H groups in total. The lowest BCUT2D eigenvalue weighted by molar-refractivity contribution is 0.240. The van der Waals surface area contributed by atoms with Crippen LogP contribution in [0.15, 0.2) is 48.7 Å². The van der Waals surface area contributed by atoms with Crippen molar-refractivity contribution in [1.29, 1.82) is 0 Å². The zero-order valence-corrected chi connectivity index (χ0v) is 13.9. The van der Waals surface area contributed by atoms with E-state index in [0.29, 0.717) is 13.1 Å². The Morgan fingerprint density at radius 3 is 2.62 bits per heavy atom. The van der Waals surface area contributed by atoms with Crippen LogP contribution in [-0.2, 0) is 13.0 Å². The lowest BCUT2D eigenvalue weighted by Crippen LogP contribution is -2.36. The molecule has 1 saturated heterocycles. The first-order valence-electron chi connectivity index (χ1n) is 8.57. The van der Waals surface area contributed by atoms with Crippen LogP contribution in [0.1, 0.15) is 24.0 Å². The summed E-state index contributed by atoms with van der Waals surface area (Å²) >= 11 is 0. The van der Waals surface area contributed by atoms with Crippen LogP contribution < -0.4 is 15.5 Å². The summed E-state index contributed by atoms with van der Waals surface area (Å²) in [6, 6.07) is 14.0. The first-order valence-corrected chi connectivity index (χ1v) is 8.57. The third-order valence-electron chi connectivity index (χ3n) is 4.24. The van der Waals surface area contributed by atoms with E-state index in [2.05, 4.69) is 38.7 Å². The second-order valence-corrected chi connectivity index (χ2v) is 6.06. The number of anilines is 1. The lowest BCUT2D eigenvalue weighted by atomic mass is 10.1. The fraction of sp³-hybridized carbons (Fsp3) is 0.368. The number of carbonyl (C=O) groups is 1. The van der Waals surface area contributed by atoms with Crippen LogP contribution in [0.5, 0.6) is 0 Å².